The molecule has 0 unspecified atom stereocenters. The quantitative estimate of drug-likeness (QED) is 0.732. The summed E-state index contributed by atoms with van der Waals surface area (Å²) in [5.41, 5.74) is 5.25. The molecular weight excluding hydrogens is 200 g/mol. The zero-order valence-corrected chi connectivity index (χ0v) is 11.7. The Morgan fingerprint density at radius 2 is 1.75 bits per heavy atom. The molecule has 0 saturated heterocycles. The highest BCUT2D eigenvalue weighted by molar-refractivity contribution is 5.82. The van der Waals surface area contributed by atoms with Gasteiger partial charge in [-0.2, -0.15) is 0 Å². The Morgan fingerprint density at radius 1 is 1.25 bits per heavy atom. The van der Waals surface area contributed by atoms with Gasteiger partial charge in [0.15, 0.2) is 0 Å². The summed E-state index contributed by atoms with van der Waals surface area (Å²) < 4.78 is 0. The van der Waals surface area contributed by atoms with E-state index in [1.807, 2.05) is 13.8 Å². The summed E-state index contributed by atoms with van der Waals surface area (Å²) in [7, 11) is 0. The number of nitrogens with two attached hydrogens (primary N) is 1. The van der Waals surface area contributed by atoms with E-state index in [2.05, 4.69) is 33.0 Å². The molecule has 0 bridgehead atoms. The molecule has 0 aliphatic heterocycles. The number of rotatable bonds is 6. The maximum absolute atomic E-state index is 11.8. The van der Waals surface area contributed by atoms with Crippen molar-refractivity contribution < 1.29 is 4.79 Å². The average Bonchev–Trinajstić information content (AvgIpc) is 2.12. The van der Waals surface area contributed by atoms with Crippen LogP contribution in [0.25, 0.3) is 0 Å². The van der Waals surface area contributed by atoms with Crippen LogP contribution in [0.3, 0.4) is 0 Å². The van der Waals surface area contributed by atoms with Crippen molar-refractivity contribution in [2.75, 3.05) is 13.1 Å². The van der Waals surface area contributed by atoms with E-state index in [0.717, 1.165) is 6.42 Å². The van der Waals surface area contributed by atoms with E-state index in [-0.39, 0.29) is 11.3 Å². The highest BCUT2D eigenvalue weighted by atomic mass is 16.2. The topological polar surface area (TPSA) is 55.1 Å². The third-order valence-electron chi connectivity index (χ3n) is 2.81. The number of hydrogen-bond acceptors (Lipinski definition) is 2. The van der Waals surface area contributed by atoms with Gasteiger partial charge < -0.3 is 11.1 Å². The Hall–Kier alpha value is -0.570. The molecule has 0 rings (SSSR count). The van der Waals surface area contributed by atoms with Crippen LogP contribution in [0.1, 0.15) is 48.0 Å². The zero-order valence-electron chi connectivity index (χ0n) is 11.7. The fourth-order valence-corrected chi connectivity index (χ4v) is 1.83. The minimum atomic E-state index is -0.464. The highest BCUT2D eigenvalue weighted by Crippen LogP contribution is 2.24. The summed E-state index contributed by atoms with van der Waals surface area (Å²) in [6.45, 7) is 13.6. The monoisotopic (exact) mass is 228 g/mol. The van der Waals surface area contributed by atoms with Gasteiger partial charge in [0, 0.05) is 13.1 Å². The Morgan fingerprint density at radius 3 is 2.12 bits per heavy atom. The number of nitrogens with one attached hydrogen (secondary N) is 1. The van der Waals surface area contributed by atoms with E-state index in [9.17, 15) is 4.79 Å². The summed E-state index contributed by atoms with van der Waals surface area (Å²) in [6, 6.07) is 0. The molecule has 0 fully saturated rings. The van der Waals surface area contributed by atoms with Crippen LogP contribution in [0, 0.1) is 16.7 Å². The molecule has 3 nitrogen and oxygen atoms in total. The van der Waals surface area contributed by atoms with E-state index >= 15 is 0 Å². The van der Waals surface area contributed by atoms with Crippen molar-refractivity contribution in [2.45, 2.75) is 48.0 Å². The lowest BCUT2D eigenvalue weighted by Gasteiger charge is -2.29. The van der Waals surface area contributed by atoms with Crippen molar-refractivity contribution in [1.29, 1.82) is 0 Å². The molecule has 16 heavy (non-hydrogen) atoms. The number of carbonyl (C=O) groups excluding carboxylic acids is 1. The van der Waals surface area contributed by atoms with Crippen LogP contribution in [0.5, 0.6) is 0 Å². The molecule has 0 aliphatic rings. The standard InChI is InChI=1S/C13H28N2O/c1-10(2)7-12(3,4)9-15-11(16)13(5,6)8-14/h10H,7-9,14H2,1-6H3,(H,15,16). The molecule has 0 radical (unpaired) electrons. The van der Waals surface area contributed by atoms with Gasteiger partial charge in [-0.05, 0) is 31.6 Å². The van der Waals surface area contributed by atoms with Crippen molar-refractivity contribution in [3.63, 3.8) is 0 Å². The van der Waals surface area contributed by atoms with Gasteiger partial charge in [-0.1, -0.05) is 27.7 Å². The molecule has 0 aromatic rings. The second-order valence-electron chi connectivity index (χ2n) is 6.53. The van der Waals surface area contributed by atoms with Crippen LogP contribution in [-0.2, 0) is 4.79 Å². The van der Waals surface area contributed by atoms with Gasteiger partial charge in [-0.15, -0.1) is 0 Å². The lowest BCUT2D eigenvalue weighted by atomic mass is 9.83. The van der Waals surface area contributed by atoms with E-state index < -0.39 is 5.41 Å². The molecular formula is C13H28N2O. The predicted molar refractivity (Wildman–Crippen MR) is 69.1 cm³/mol. The van der Waals surface area contributed by atoms with Crippen molar-refractivity contribution in [3.8, 4) is 0 Å². The minimum absolute atomic E-state index is 0.0480. The summed E-state index contributed by atoms with van der Waals surface area (Å²) in [5.74, 6) is 0.696. The second-order valence-corrected chi connectivity index (χ2v) is 6.53. The lowest BCUT2D eigenvalue weighted by molar-refractivity contribution is -0.129. The molecule has 0 aromatic heterocycles. The first-order valence-electron chi connectivity index (χ1n) is 6.09. The van der Waals surface area contributed by atoms with Crippen LogP contribution in [0.2, 0.25) is 0 Å². The van der Waals surface area contributed by atoms with Gasteiger partial charge in [0.05, 0.1) is 5.41 Å². The normalized spacial score (nSPS) is 13.0. The lowest BCUT2D eigenvalue weighted by Crippen LogP contribution is -2.45. The second kappa shape index (κ2) is 5.67. The third-order valence-corrected chi connectivity index (χ3v) is 2.81. The van der Waals surface area contributed by atoms with Gasteiger partial charge >= 0.3 is 0 Å². The molecule has 3 N–H and O–H groups in total. The fourth-order valence-electron chi connectivity index (χ4n) is 1.83. The van der Waals surface area contributed by atoms with E-state index in [0.29, 0.717) is 19.0 Å². The summed E-state index contributed by atoms with van der Waals surface area (Å²) in [4.78, 5) is 11.8. The molecule has 0 aromatic carbocycles. The molecule has 0 spiro atoms. The molecule has 0 atom stereocenters. The SMILES string of the molecule is CC(C)CC(C)(C)CNC(=O)C(C)(C)CN. The van der Waals surface area contributed by atoms with Gasteiger partial charge in [0.2, 0.25) is 5.91 Å². The molecule has 0 heterocycles. The average molecular weight is 228 g/mol. The van der Waals surface area contributed by atoms with Gasteiger partial charge in [0.25, 0.3) is 0 Å². The summed E-state index contributed by atoms with van der Waals surface area (Å²) in [5, 5.41) is 3.00. The number of carbonyl (C=O) groups is 1. The van der Waals surface area contributed by atoms with Crippen molar-refractivity contribution >= 4 is 5.91 Å². The molecule has 0 saturated carbocycles. The van der Waals surface area contributed by atoms with Crippen LogP contribution in [0.4, 0.5) is 0 Å². The predicted octanol–water partition coefficient (Wildman–Crippen LogP) is 2.16. The van der Waals surface area contributed by atoms with Crippen molar-refractivity contribution in [2.24, 2.45) is 22.5 Å². The Kier molecular flexibility index (Phi) is 5.47. The van der Waals surface area contributed by atoms with E-state index in [1.54, 1.807) is 0 Å². The minimum Gasteiger partial charge on any atom is -0.355 e. The Balaban J connectivity index is 4.19. The van der Waals surface area contributed by atoms with Crippen LogP contribution in [0.15, 0.2) is 0 Å². The number of amides is 1. The smallest absolute Gasteiger partial charge is 0.226 e. The molecule has 96 valence electrons. The maximum Gasteiger partial charge on any atom is 0.226 e. The highest BCUT2D eigenvalue weighted by Gasteiger charge is 2.28. The fraction of sp³-hybridized carbons (Fsp3) is 0.923. The van der Waals surface area contributed by atoms with Crippen LogP contribution in [-0.4, -0.2) is 19.0 Å². The number of hydrogen-bond donors (Lipinski definition) is 2. The Bertz CT molecular complexity index is 232. The maximum atomic E-state index is 11.8. The first kappa shape index (κ1) is 15.4. The van der Waals surface area contributed by atoms with Crippen LogP contribution < -0.4 is 11.1 Å². The van der Waals surface area contributed by atoms with Crippen molar-refractivity contribution in [3.05, 3.63) is 0 Å². The first-order chi connectivity index (χ1) is 7.10. The summed E-state index contributed by atoms with van der Waals surface area (Å²) in [6.07, 6.45) is 1.11. The third kappa shape index (κ3) is 5.50. The summed E-state index contributed by atoms with van der Waals surface area (Å²) >= 11 is 0. The molecule has 0 aliphatic carbocycles. The molecule has 3 heteroatoms. The Labute approximate surface area is 100 Å². The van der Waals surface area contributed by atoms with Gasteiger partial charge in [-0.3, -0.25) is 4.79 Å². The van der Waals surface area contributed by atoms with Crippen LogP contribution >= 0.6 is 0 Å². The van der Waals surface area contributed by atoms with Gasteiger partial charge in [-0.25, -0.2) is 0 Å². The van der Waals surface area contributed by atoms with E-state index in [1.165, 1.54) is 0 Å². The van der Waals surface area contributed by atoms with Crippen molar-refractivity contribution in [1.82, 2.24) is 5.32 Å². The van der Waals surface area contributed by atoms with E-state index in [4.69, 9.17) is 5.73 Å². The first-order valence-corrected chi connectivity index (χ1v) is 6.09. The zero-order chi connectivity index (χ0) is 13.0. The molecule has 1 amide bonds. The largest absolute Gasteiger partial charge is 0.355 e. The van der Waals surface area contributed by atoms with Gasteiger partial charge in [0.1, 0.15) is 0 Å².